The molecule has 1 amide bonds. The highest BCUT2D eigenvalue weighted by Gasteiger charge is 2.12. The quantitative estimate of drug-likeness (QED) is 0.732. The number of aliphatic carboxylic acids is 1. The topological polar surface area (TPSA) is 92.2 Å². The van der Waals surface area contributed by atoms with Gasteiger partial charge in [0, 0.05) is 18.4 Å². The monoisotopic (exact) mass is 209 g/mol. The van der Waals surface area contributed by atoms with Gasteiger partial charge in [0.05, 0.1) is 12.0 Å². The molecule has 1 aromatic rings. The smallest absolute Gasteiger partial charge is 0.305 e. The van der Waals surface area contributed by atoms with E-state index in [1.807, 2.05) is 0 Å². The first kappa shape index (κ1) is 11.1. The van der Waals surface area contributed by atoms with Crippen LogP contribution in [-0.4, -0.2) is 33.0 Å². The standard InChI is InChI=1S/C9H11N3O3/c1-6(2-8(13)14)12-9(15)7-3-10-5-11-4-7/h3-6H,2H2,1H3,(H,12,15)(H,13,14). The van der Waals surface area contributed by atoms with Gasteiger partial charge < -0.3 is 10.4 Å². The van der Waals surface area contributed by atoms with Gasteiger partial charge in [0.2, 0.25) is 0 Å². The number of carbonyl (C=O) groups is 2. The van der Waals surface area contributed by atoms with Gasteiger partial charge >= 0.3 is 5.97 Å². The van der Waals surface area contributed by atoms with Crippen LogP contribution < -0.4 is 5.32 Å². The maximum atomic E-state index is 11.5. The van der Waals surface area contributed by atoms with Crippen molar-refractivity contribution in [2.45, 2.75) is 19.4 Å². The normalized spacial score (nSPS) is 11.8. The number of aromatic nitrogens is 2. The second-order valence-corrected chi connectivity index (χ2v) is 3.10. The van der Waals surface area contributed by atoms with E-state index < -0.39 is 12.0 Å². The molecule has 6 nitrogen and oxygen atoms in total. The van der Waals surface area contributed by atoms with Crippen molar-refractivity contribution >= 4 is 11.9 Å². The van der Waals surface area contributed by atoms with Crippen LogP contribution in [-0.2, 0) is 4.79 Å². The minimum Gasteiger partial charge on any atom is -0.481 e. The number of carboxylic acids is 1. The molecule has 2 N–H and O–H groups in total. The van der Waals surface area contributed by atoms with Crippen LogP contribution in [0.1, 0.15) is 23.7 Å². The molecular weight excluding hydrogens is 198 g/mol. The number of carbonyl (C=O) groups excluding carboxylic acids is 1. The van der Waals surface area contributed by atoms with E-state index in [2.05, 4.69) is 15.3 Å². The van der Waals surface area contributed by atoms with Gasteiger partial charge in [0.1, 0.15) is 6.33 Å². The minimum atomic E-state index is -0.952. The van der Waals surface area contributed by atoms with Crippen LogP contribution in [0.3, 0.4) is 0 Å². The number of carboxylic acid groups (broad SMARTS) is 1. The Labute approximate surface area is 86.4 Å². The fourth-order valence-corrected chi connectivity index (χ4v) is 1.04. The van der Waals surface area contributed by atoms with Crippen molar-refractivity contribution in [3.63, 3.8) is 0 Å². The second-order valence-electron chi connectivity index (χ2n) is 3.10. The molecule has 0 radical (unpaired) electrons. The van der Waals surface area contributed by atoms with Gasteiger partial charge in [0.15, 0.2) is 0 Å². The van der Waals surface area contributed by atoms with E-state index in [1.165, 1.54) is 18.7 Å². The predicted octanol–water partition coefficient (Wildman–Crippen LogP) is 0.0696. The number of hydrogen-bond donors (Lipinski definition) is 2. The zero-order valence-corrected chi connectivity index (χ0v) is 8.17. The van der Waals surface area contributed by atoms with E-state index in [-0.39, 0.29) is 12.3 Å². The third kappa shape index (κ3) is 3.72. The maximum Gasteiger partial charge on any atom is 0.305 e. The number of nitrogens with zero attached hydrogens (tertiary/aromatic N) is 2. The Morgan fingerprint density at radius 2 is 2.07 bits per heavy atom. The molecule has 0 saturated heterocycles. The molecule has 1 rings (SSSR count). The molecule has 0 bridgehead atoms. The molecule has 0 spiro atoms. The number of rotatable bonds is 4. The molecule has 0 aromatic carbocycles. The minimum absolute atomic E-state index is 0.112. The summed E-state index contributed by atoms with van der Waals surface area (Å²) < 4.78 is 0. The molecule has 0 saturated carbocycles. The van der Waals surface area contributed by atoms with Gasteiger partial charge in [-0.2, -0.15) is 0 Å². The van der Waals surface area contributed by atoms with E-state index >= 15 is 0 Å². The highest BCUT2D eigenvalue weighted by Crippen LogP contribution is 1.96. The lowest BCUT2D eigenvalue weighted by atomic mass is 10.2. The molecule has 80 valence electrons. The molecule has 0 aliphatic carbocycles. The first-order valence-corrected chi connectivity index (χ1v) is 4.37. The van der Waals surface area contributed by atoms with Crippen molar-refractivity contribution in [2.24, 2.45) is 0 Å². The Hall–Kier alpha value is -1.98. The highest BCUT2D eigenvalue weighted by atomic mass is 16.4. The van der Waals surface area contributed by atoms with Gasteiger partial charge in [-0.3, -0.25) is 9.59 Å². The zero-order chi connectivity index (χ0) is 11.3. The Bertz CT molecular complexity index is 353. The van der Waals surface area contributed by atoms with E-state index in [1.54, 1.807) is 6.92 Å². The molecule has 0 aliphatic heterocycles. The Balaban J connectivity index is 2.53. The van der Waals surface area contributed by atoms with Crippen LogP contribution in [0.2, 0.25) is 0 Å². The second kappa shape index (κ2) is 5.04. The first-order chi connectivity index (χ1) is 7.09. The van der Waals surface area contributed by atoms with Gasteiger partial charge in [-0.15, -0.1) is 0 Å². The van der Waals surface area contributed by atoms with Gasteiger partial charge in [-0.05, 0) is 6.92 Å². The van der Waals surface area contributed by atoms with E-state index in [0.717, 1.165) is 0 Å². The van der Waals surface area contributed by atoms with Crippen molar-refractivity contribution in [3.8, 4) is 0 Å². The predicted molar refractivity (Wildman–Crippen MR) is 51.2 cm³/mol. The average molecular weight is 209 g/mol. The van der Waals surface area contributed by atoms with Gasteiger partial charge in [-0.1, -0.05) is 0 Å². The summed E-state index contributed by atoms with van der Waals surface area (Å²) >= 11 is 0. The van der Waals surface area contributed by atoms with Crippen molar-refractivity contribution in [3.05, 3.63) is 24.3 Å². The number of nitrogens with one attached hydrogen (secondary N) is 1. The lowest BCUT2D eigenvalue weighted by Gasteiger charge is -2.10. The Morgan fingerprint density at radius 3 is 2.60 bits per heavy atom. The van der Waals surface area contributed by atoms with Crippen LogP contribution in [0.25, 0.3) is 0 Å². The molecule has 0 fully saturated rings. The van der Waals surface area contributed by atoms with Crippen molar-refractivity contribution in [1.29, 1.82) is 0 Å². The summed E-state index contributed by atoms with van der Waals surface area (Å²) in [7, 11) is 0. The maximum absolute atomic E-state index is 11.5. The highest BCUT2D eigenvalue weighted by molar-refractivity contribution is 5.93. The third-order valence-corrected chi connectivity index (χ3v) is 1.68. The largest absolute Gasteiger partial charge is 0.481 e. The Morgan fingerprint density at radius 1 is 1.47 bits per heavy atom. The molecule has 0 aliphatic rings. The van der Waals surface area contributed by atoms with Crippen molar-refractivity contribution in [1.82, 2.24) is 15.3 Å². The van der Waals surface area contributed by atoms with E-state index in [0.29, 0.717) is 5.56 Å². The molecule has 15 heavy (non-hydrogen) atoms. The van der Waals surface area contributed by atoms with E-state index in [4.69, 9.17) is 5.11 Å². The SMILES string of the molecule is CC(CC(=O)O)NC(=O)c1cncnc1. The summed E-state index contributed by atoms with van der Waals surface area (Å²) in [4.78, 5) is 29.2. The van der Waals surface area contributed by atoms with Gasteiger partial charge in [-0.25, -0.2) is 9.97 Å². The van der Waals surface area contributed by atoms with Crippen LogP contribution in [0, 0.1) is 0 Å². The lowest BCUT2D eigenvalue weighted by molar-refractivity contribution is -0.137. The molecule has 1 unspecified atom stereocenters. The summed E-state index contributed by atoms with van der Waals surface area (Å²) in [6.07, 6.45) is 3.95. The van der Waals surface area contributed by atoms with Crippen molar-refractivity contribution < 1.29 is 14.7 Å². The average Bonchev–Trinajstić information content (AvgIpc) is 2.17. The van der Waals surface area contributed by atoms with Crippen LogP contribution >= 0.6 is 0 Å². The fourth-order valence-electron chi connectivity index (χ4n) is 1.04. The fraction of sp³-hybridized carbons (Fsp3) is 0.333. The van der Waals surface area contributed by atoms with Crippen LogP contribution in [0.15, 0.2) is 18.7 Å². The van der Waals surface area contributed by atoms with Crippen LogP contribution in [0.5, 0.6) is 0 Å². The molecule has 6 heteroatoms. The molecule has 1 atom stereocenters. The Kier molecular flexibility index (Phi) is 3.73. The van der Waals surface area contributed by atoms with Gasteiger partial charge in [0.25, 0.3) is 5.91 Å². The summed E-state index contributed by atoms with van der Waals surface area (Å²) in [5.74, 6) is -1.32. The first-order valence-electron chi connectivity index (χ1n) is 4.37. The lowest BCUT2D eigenvalue weighted by Crippen LogP contribution is -2.34. The summed E-state index contributed by atoms with van der Waals surface area (Å²) in [6, 6.07) is -0.421. The van der Waals surface area contributed by atoms with Crippen molar-refractivity contribution in [2.75, 3.05) is 0 Å². The summed E-state index contributed by atoms with van der Waals surface area (Å²) in [6.45, 7) is 1.62. The molecule has 1 heterocycles. The van der Waals surface area contributed by atoms with Crippen LogP contribution in [0.4, 0.5) is 0 Å². The third-order valence-electron chi connectivity index (χ3n) is 1.68. The molecule has 1 aromatic heterocycles. The number of amides is 1. The zero-order valence-electron chi connectivity index (χ0n) is 8.17. The summed E-state index contributed by atoms with van der Waals surface area (Å²) in [5, 5.41) is 11.0. The molecular formula is C9H11N3O3. The number of hydrogen-bond acceptors (Lipinski definition) is 4. The van der Waals surface area contributed by atoms with E-state index in [9.17, 15) is 9.59 Å². The summed E-state index contributed by atoms with van der Waals surface area (Å²) in [5.41, 5.74) is 0.315.